The van der Waals surface area contributed by atoms with E-state index >= 15 is 0 Å². The topological polar surface area (TPSA) is 60.7 Å². The van der Waals surface area contributed by atoms with Gasteiger partial charge in [-0.25, -0.2) is 0 Å². The maximum Gasteiger partial charge on any atom is 0.191 e. The highest BCUT2D eigenvalue weighted by atomic mass is 127. The number of hydrogen-bond donors (Lipinski definition) is 2. The molecular formula is C19H38IN7. The van der Waals surface area contributed by atoms with Crippen molar-refractivity contribution in [1.29, 1.82) is 0 Å². The minimum absolute atomic E-state index is 0. The SMILES string of the molecule is CN=C(NCCCN1CCCCC1C)NCC(c1cnn(C)c1)N(C)C.I. The summed E-state index contributed by atoms with van der Waals surface area (Å²) in [5, 5.41) is 11.2. The quantitative estimate of drug-likeness (QED) is 0.253. The summed E-state index contributed by atoms with van der Waals surface area (Å²) < 4.78 is 1.85. The number of piperidine rings is 1. The van der Waals surface area contributed by atoms with Crippen molar-refractivity contribution in [2.75, 3.05) is 47.3 Å². The zero-order valence-corrected chi connectivity index (χ0v) is 19.9. The van der Waals surface area contributed by atoms with Gasteiger partial charge in [-0.05, 0) is 46.8 Å². The van der Waals surface area contributed by atoms with Crippen LogP contribution in [0.5, 0.6) is 0 Å². The minimum Gasteiger partial charge on any atom is -0.356 e. The van der Waals surface area contributed by atoms with Crippen LogP contribution in [0.2, 0.25) is 0 Å². The number of halogens is 1. The van der Waals surface area contributed by atoms with Crippen LogP contribution in [0.3, 0.4) is 0 Å². The lowest BCUT2D eigenvalue weighted by Gasteiger charge is -2.33. The van der Waals surface area contributed by atoms with Crippen molar-refractivity contribution in [1.82, 2.24) is 30.2 Å². The Bertz CT molecular complexity index is 558. The van der Waals surface area contributed by atoms with E-state index in [1.165, 1.54) is 37.9 Å². The molecule has 0 amide bonds. The summed E-state index contributed by atoms with van der Waals surface area (Å²) in [5.74, 6) is 0.868. The van der Waals surface area contributed by atoms with E-state index in [0.29, 0.717) is 0 Å². The molecule has 0 spiro atoms. The van der Waals surface area contributed by atoms with E-state index in [1.807, 2.05) is 25.0 Å². The van der Waals surface area contributed by atoms with Gasteiger partial charge < -0.3 is 20.4 Å². The predicted molar refractivity (Wildman–Crippen MR) is 124 cm³/mol. The van der Waals surface area contributed by atoms with Gasteiger partial charge in [-0.2, -0.15) is 5.10 Å². The average Bonchev–Trinajstić information content (AvgIpc) is 3.04. The van der Waals surface area contributed by atoms with Gasteiger partial charge in [0.1, 0.15) is 0 Å². The van der Waals surface area contributed by atoms with Gasteiger partial charge in [0, 0.05) is 51.5 Å². The summed E-state index contributed by atoms with van der Waals surface area (Å²) in [5.41, 5.74) is 1.21. The third kappa shape index (κ3) is 7.95. The molecule has 27 heavy (non-hydrogen) atoms. The highest BCUT2D eigenvalue weighted by Crippen LogP contribution is 2.17. The molecule has 0 aromatic carbocycles. The van der Waals surface area contributed by atoms with Crippen molar-refractivity contribution in [3.8, 4) is 0 Å². The number of likely N-dealkylation sites (N-methyl/N-ethyl adjacent to an activating group) is 1. The Morgan fingerprint density at radius 1 is 1.37 bits per heavy atom. The molecule has 2 rings (SSSR count). The second-order valence-electron chi connectivity index (χ2n) is 7.54. The number of guanidine groups is 1. The number of aryl methyl sites for hydroxylation is 1. The van der Waals surface area contributed by atoms with E-state index in [1.54, 1.807) is 0 Å². The number of rotatable bonds is 8. The Morgan fingerprint density at radius 3 is 2.74 bits per heavy atom. The lowest BCUT2D eigenvalue weighted by atomic mass is 10.0. The molecule has 0 radical (unpaired) electrons. The van der Waals surface area contributed by atoms with Gasteiger partial charge in [0.05, 0.1) is 12.2 Å². The van der Waals surface area contributed by atoms with Crippen LogP contribution >= 0.6 is 24.0 Å². The van der Waals surface area contributed by atoms with E-state index in [9.17, 15) is 0 Å². The summed E-state index contributed by atoms with van der Waals surface area (Å²) in [6.45, 7) is 6.52. The number of likely N-dealkylation sites (tertiary alicyclic amines) is 1. The Balaban J connectivity index is 0.00000364. The fourth-order valence-corrected chi connectivity index (χ4v) is 3.60. The molecule has 1 aliphatic heterocycles. The molecule has 0 aliphatic carbocycles. The van der Waals surface area contributed by atoms with E-state index in [-0.39, 0.29) is 30.0 Å². The first-order chi connectivity index (χ1) is 12.5. The first kappa shape index (κ1) is 24.2. The van der Waals surface area contributed by atoms with Crippen LogP contribution in [-0.4, -0.2) is 78.9 Å². The zero-order valence-electron chi connectivity index (χ0n) is 17.6. The van der Waals surface area contributed by atoms with Crippen molar-refractivity contribution in [2.24, 2.45) is 12.0 Å². The van der Waals surface area contributed by atoms with E-state index in [4.69, 9.17) is 0 Å². The number of aliphatic imine (C=N–C) groups is 1. The fraction of sp³-hybridized carbons (Fsp3) is 0.789. The van der Waals surface area contributed by atoms with Gasteiger partial charge >= 0.3 is 0 Å². The summed E-state index contributed by atoms with van der Waals surface area (Å²) in [7, 11) is 7.97. The third-order valence-corrected chi connectivity index (χ3v) is 5.27. The maximum absolute atomic E-state index is 4.36. The fourth-order valence-electron chi connectivity index (χ4n) is 3.60. The van der Waals surface area contributed by atoms with Crippen molar-refractivity contribution in [3.63, 3.8) is 0 Å². The summed E-state index contributed by atoms with van der Waals surface area (Å²) in [4.78, 5) is 9.18. The Morgan fingerprint density at radius 2 is 2.15 bits per heavy atom. The van der Waals surface area contributed by atoms with Gasteiger partial charge in [-0.15, -0.1) is 24.0 Å². The number of nitrogens with zero attached hydrogens (tertiary/aromatic N) is 5. The van der Waals surface area contributed by atoms with Crippen LogP contribution in [0.25, 0.3) is 0 Å². The molecule has 0 saturated carbocycles. The predicted octanol–water partition coefficient (Wildman–Crippen LogP) is 2.07. The van der Waals surface area contributed by atoms with Crippen molar-refractivity contribution in [3.05, 3.63) is 18.0 Å². The Kier molecular flexibility index (Phi) is 11.2. The maximum atomic E-state index is 4.36. The van der Waals surface area contributed by atoms with E-state index in [2.05, 4.69) is 57.7 Å². The van der Waals surface area contributed by atoms with Gasteiger partial charge in [0.15, 0.2) is 5.96 Å². The summed E-state index contributed by atoms with van der Waals surface area (Å²) >= 11 is 0. The molecule has 1 saturated heterocycles. The van der Waals surface area contributed by atoms with Gasteiger partial charge in [-0.3, -0.25) is 9.67 Å². The lowest BCUT2D eigenvalue weighted by Crippen LogP contribution is -2.43. The molecule has 2 atom stereocenters. The van der Waals surface area contributed by atoms with Crippen LogP contribution in [0.15, 0.2) is 17.4 Å². The third-order valence-electron chi connectivity index (χ3n) is 5.27. The lowest BCUT2D eigenvalue weighted by molar-refractivity contribution is 0.159. The van der Waals surface area contributed by atoms with E-state index in [0.717, 1.165) is 31.5 Å². The Labute approximate surface area is 182 Å². The summed E-state index contributed by atoms with van der Waals surface area (Å²) in [6, 6.07) is 0.998. The summed E-state index contributed by atoms with van der Waals surface area (Å²) in [6.07, 6.45) is 9.23. The van der Waals surface area contributed by atoms with Crippen molar-refractivity contribution < 1.29 is 0 Å². The van der Waals surface area contributed by atoms with Crippen molar-refractivity contribution >= 4 is 29.9 Å². The highest BCUT2D eigenvalue weighted by molar-refractivity contribution is 14.0. The standard InChI is InChI=1S/C19H37N7.HI/c1-16-9-6-7-11-26(16)12-8-10-21-19(20-2)22-14-18(24(3)4)17-13-23-25(5)15-17;/h13,15-16,18H,6-12,14H2,1-5H3,(H2,20,21,22);1H. The van der Waals surface area contributed by atoms with Crippen LogP contribution in [0.1, 0.15) is 44.2 Å². The van der Waals surface area contributed by atoms with Gasteiger partial charge in [0.2, 0.25) is 0 Å². The van der Waals surface area contributed by atoms with Crippen LogP contribution in [0.4, 0.5) is 0 Å². The second-order valence-corrected chi connectivity index (χ2v) is 7.54. The Hall–Kier alpha value is -0.870. The normalized spacial score (nSPS) is 19.6. The molecule has 1 aromatic rings. The molecular weight excluding hydrogens is 453 g/mol. The molecule has 1 aromatic heterocycles. The molecule has 2 N–H and O–H groups in total. The molecule has 7 nitrogen and oxygen atoms in total. The molecule has 2 heterocycles. The molecule has 156 valence electrons. The molecule has 0 bridgehead atoms. The minimum atomic E-state index is 0. The van der Waals surface area contributed by atoms with Crippen molar-refractivity contribution in [2.45, 2.75) is 44.7 Å². The number of hydrogen-bond acceptors (Lipinski definition) is 4. The molecule has 2 unspecified atom stereocenters. The van der Waals surface area contributed by atoms with Crippen LogP contribution in [-0.2, 0) is 7.05 Å². The first-order valence-corrected chi connectivity index (χ1v) is 9.84. The second kappa shape index (κ2) is 12.6. The number of aromatic nitrogens is 2. The molecule has 8 heteroatoms. The van der Waals surface area contributed by atoms with Crippen LogP contribution < -0.4 is 10.6 Å². The first-order valence-electron chi connectivity index (χ1n) is 9.84. The molecule has 1 aliphatic rings. The van der Waals surface area contributed by atoms with Gasteiger partial charge in [0.25, 0.3) is 0 Å². The number of nitrogens with one attached hydrogen (secondary N) is 2. The largest absolute Gasteiger partial charge is 0.356 e. The monoisotopic (exact) mass is 491 g/mol. The highest BCUT2D eigenvalue weighted by Gasteiger charge is 2.18. The zero-order chi connectivity index (χ0) is 18.9. The molecule has 1 fully saturated rings. The average molecular weight is 491 g/mol. The smallest absolute Gasteiger partial charge is 0.191 e. The van der Waals surface area contributed by atoms with E-state index < -0.39 is 0 Å². The van der Waals surface area contributed by atoms with Crippen LogP contribution in [0, 0.1) is 0 Å². The van der Waals surface area contributed by atoms with Gasteiger partial charge in [-0.1, -0.05) is 6.42 Å².